The van der Waals surface area contributed by atoms with E-state index in [0.717, 1.165) is 11.3 Å². The van der Waals surface area contributed by atoms with Gasteiger partial charge in [-0.15, -0.1) is 0 Å². The van der Waals surface area contributed by atoms with Gasteiger partial charge in [-0.25, -0.2) is 4.98 Å². The predicted molar refractivity (Wildman–Crippen MR) is 126 cm³/mol. The smallest absolute Gasteiger partial charge is 0.224 e. The number of hydrogen-bond acceptors (Lipinski definition) is 5. The number of hydrogen-bond donors (Lipinski definition) is 1. The lowest BCUT2D eigenvalue weighted by molar-refractivity contribution is -0.116. The summed E-state index contributed by atoms with van der Waals surface area (Å²) in [5, 5.41) is 2.86. The average Bonchev–Trinajstić information content (AvgIpc) is 3.26. The molecular formula is C26H25N3O4. The second kappa shape index (κ2) is 10.5. The van der Waals surface area contributed by atoms with E-state index in [9.17, 15) is 9.59 Å². The number of amides is 1. The lowest BCUT2D eigenvalue weighted by atomic mass is 10.1. The molecular weight excluding hydrogens is 418 g/mol. The number of nitrogens with one attached hydrogen (secondary N) is 1. The third kappa shape index (κ3) is 5.98. The van der Waals surface area contributed by atoms with Crippen molar-refractivity contribution in [3.05, 3.63) is 90.4 Å². The van der Waals surface area contributed by atoms with E-state index in [0.29, 0.717) is 42.2 Å². The number of imidazole rings is 1. The highest BCUT2D eigenvalue weighted by Gasteiger charge is 2.09. The standard InChI is InChI=1S/C26H25N3O4/c1-32-22-13-11-19(12-14-22)24(30)8-5-10-26(31)28-20-6-4-7-23(16-20)33-18-21-17-29-15-3-2-9-25(29)27-21/h2-4,6-7,9,11-17H,5,8,10,18H2,1H3,(H,28,31). The number of Topliss-reactive ketones (excluding diaryl/α,β-unsaturated/α-hetero) is 1. The zero-order chi connectivity index (χ0) is 23.0. The lowest BCUT2D eigenvalue weighted by Crippen LogP contribution is -2.12. The van der Waals surface area contributed by atoms with E-state index in [1.54, 1.807) is 43.5 Å². The first kappa shape index (κ1) is 22.1. The summed E-state index contributed by atoms with van der Waals surface area (Å²) in [5.74, 6) is 1.21. The summed E-state index contributed by atoms with van der Waals surface area (Å²) in [6, 6.07) is 20.0. The van der Waals surface area contributed by atoms with E-state index in [1.165, 1.54) is 0 Å². The molecule has 0 radical (unpaired) electrons. The number of nitrogens with zero attached hydrogens (tertiary/aromatic N) is 2. The fourth-order valence-electron chi connectivity index (χ4n) is 3.43. The van der Waals surface area contributed by atoms with Crippen LogP contribution < -0.4 is 14.8 Å². The Morgan fingerprint density at radius 2 is 1.82 bits per heavy atom. The quantitative estimate of drug-likeness (QED) is 0.352. The molecule has 1 N–H and O–H groups in total. The van der Waals surface area contributed by atoms with Gasteiger partial charge >= 0.3 is 0 Å². The SMILES string of the molecule is COc1ccc(C(=O)CCCC(=O)Nc2cccc(OCc3cn4ccccc4n3)c2)cc1. The van der Waals surface area contributed by atoms with Crippen LogP contribution in [0.2, 0.25) is 0 Å². The number of carbonyl (C=O) groups excluding carboxylic acids is 2. The molecule has 0 fully saturated rings. The monoisotopic (exact) mass is 443 g/mol. The summed E-state index contributed by atoms with van der Waals surface area (Å²) in [6.45, 7) is 0.326. The first-order valence-corrected chi connectivity index (χ1v) is 10.7. The highest BCUT2D eigenvalue weighted by molar-refractivity contribution is 5.97. The van der Waals surface area contributed by atoms with Gasteiger partial charge in [-0.1, -0.05) is 12.1 Å². The van der Waals surface area contributed by atoms with Crippen molar-refractivity contribution in [1.29, 1.82) is 0 Å². The van der Waals surface area contributed by atoms with Crippen molar-refractivity contribution in [3.63, 3.8) is 0 Å². The molecule has 0 atom stereocenters. The van der Waals surface area contributed by atoms with Crippen LogP contribution in [0.5, 0.6) is 11.5 Å². The van der Waals surface area contributed by atoms with Gasteiger partial charge in [-0.3, -0.25) is 9.59 Å². The Bertz CT molecular complexity index is 1210. The summed E-state index contributed by atoms with van der Waals surface area (Å²) in [5.41, 5.74) is 2.94. The molecule has 0 saturated heterocycles. The Kier molecular flexibility index (Phi) is 6.99. The van der Waals surface area contributed by atoms with Crippen molar-refractivity contribution in [2.45, 2.75) is 25.9 Å². The van der Waals surface area contributed by atoms with E-state index in [1.807, 2.05) is 47.1 Å². The van der Waals surface area contributed by atoms with Gasteiger partial charge < -0.3 is 19.2 Å². The number of ketones is 1. The number of ether oxygens (including phenoxy) is 2. The number of benzene rings is 2. The number of carbonyl (C=O) groups is 2. The molecule has 0 saturated carbocycles. The van der Waals surface area contributed by atoms with Crippen LogP contribution in [0.3, 0.4) is 0 Å². The summed E-state index contributed by atoms with van der Waals surface area (Å²) in [7, 11) is 1.58. The van der Waals surface area contributed by atoms with Crippen molar-refractivity contribution in [3.8, 4) is 11.5 Å². The van der Waals surface area contributed by atoms with Gasteiger partial charge in [-0.05, 0) is 55.0 Å². The fraction of sp³-hybridized carbons (Fsp3) is 0.192. The average molecular weight is 444 g/mol. The van der Waals surface area contributed by atoms with Gasteiger partial charge in [0.25, 0.3) is 0 Å². The van der Waals surface area contributed by atoms with Crippen molar-refractivity contribution in [1.82, 2.24) is 9.38 Å². The molecule has 33 heavy (non-hydrogen) atoms. The minimum absolute atomic E-state index is 0.00722. The van der Waals surface area contributed by atoms with Crippen LogP contribution in [-0.4, -0.2) is 28.2 Å². The summed E-state index contributed by atoms with van der Waals surface area (Å²) >= 11 is 0. The van der Waals surface area contributed by atoms with Crippen molar-refractivity contribution >= 4 is 23.0 Å². The van der Waals surface area contributed by atoms with E-state index < -0.39 is 0 Å². The summed E-state index contributed by atoms with van der Waals surface area (Å²) in [4.78, 5) is 29.1. The molecule has 1 amide bonds. The number of aromatic nitrogens is 2. The van der Waals surface area contributed by atoms with Crippen LogP contribution in [0.25, 0.3) is 5.65 Å². The maximum atomic E-state index is 12.3. The molecule has 0 aliphatic carbocycles. The van der Waals surface area contributed by atoms with Crippen LogP contribution >= 0.6 is 0 Å². The van der Waals surface area contributed by atoms with E-state index in [2.05, 4.69) is 10.3 Å². The molecule has 7 nitrogen and oxygen atoms in total. The Morgan fingerprint density at radius 3 is 2.61 bits per heavy atom. The Balaban J connectivity index is 1.24. The Hall–Kier alpha value is -4.13. The molecule has 168 valence electrons. The molecule has 0 aliphatic rings. The maximum absolute atomic E-state index is 12.3. The molecule has 7 heteroatoms. The molecule has 4 aromatic rings. The van der Waals surface area contributed by atoms with Gasteiger partial charge in [-0.2, -0.15) is 0 Å². The summed E-state index contributed by atoms with van der Waals surface area (Å²) < 4.78 is 12.9. The molecule has 2 heterocycles. The maximum Gasteiger partial charge on any atom is 0.224 e. The normalized spacial score (nSPS) is 10.7. The van der Waals surface area contributed by atoms with Crippen LogP contribution in [0.15, 0.2) is 79.1 Å². The molecule has 4 rings (SSSR count). The molecule has 0 aliphatic heterocycles. The Labute approximate surface area is 192 Å². The first-order chi connectivity index (χ1) is 16.1. The number of fused-ring (bicyclic) bond motifs is 1. The van der Waals surface area contributed by atoms with Gasteiger partial charge in [0, 0.05) is 42.6 Å². The van der Waals surface area contributed by atoms with Crippen molar-refractivity contribution < 1.29 is 19.1 Å². The van der Waals surface area contributed by atoms with E-state index in [-0.39, 0.29) is 18.1 Å². The van der Waals surface area contributed by atoms with E-state index >= 15 is 0 Å². The lowest BCUT2D eigenvalue weighted by Gasteiger charge is -2.08. The topological polar surface area (TPSA) is 81.9 Å². The third-order valence-corrected chi connectivity index (χ3v) is 5.14. The van der Waals surface area contributed by atoms with Crippen molar-refractivity contribution in [2.75, 3.05) is 12.4 Å². The number of pyridine rings is 1. The second-order valence-corrected chi connectivity index (χ2v) is 7.57. The van der Waals surface area contributed by atoms with Gasteiger partial charge in [0.2, 0.25) is 5.91 Å². The van der Waals surface area contributed by atoms with E-state index in [4.69, 9.17) is 9.47 Å². The molecule has 0 spiro atoms. The number of methoxy groups -OCH3 is 1. The van der Waals surface area contributed by atoms with Gasteiger partial charge in [0.1, 0.15) is 23.8 Å². The molecule has 2 aromatic heterocycles. The largest absolute Gasteiger partial charge is 0.497 e. The van der Waals surface area contributed by atoms with Crippen LogP contribution in [0.1, 0.15) is 35.3 Å². The second-order valence-electron chi connectivity index (χ2n) is 7.57. The third-order valence-electron chi connectivity index (χ3n) is 5.14. The van der Waals surface area contributed by atoms with Crippen LogP contribution in [0.4, 0.5) is 5.69 Å². The predicted octanol–water partition coefficient (Wildman–Crippen LogP) is 4.91. The highest BCUT2D eigenvalue weighted by Crippen LogP contribution is 2.19. The molecule has 0 bridgehead atoms. The van der Waals surface area contributed by atoms with Gasteiger partial charge in [0.15, 0.2) is 5.78 Å². The Morgan fingerprint density at radius 1 is 0.970 bits per heavy atom. The van der Waals surface area contributed by atoms with Crippen LogP contribution in [0, 0.1) is 0 Å². The molecule has 2 aromatic carbocycles. The molecule has 0 unspecified atom stereocenters. The fourth-order valence-corrected chi connectivity index (χ4v) is 3.43. The zero-order valence-electron chi connectivity index (χ0n) is 18.4. The van der Waals surface area contributed by atoms with Crippen LogP contribution in [-0.2, 0) is 11.4 Å². The minimum Gasteiger partial charge on any atom is -0.497 e. The summed E-state index contributed by atoms with van der Waals surface area (Å²) in [6.07, 6.45) is 4.90. The number of rotatable bonds is 10. The van der Waals surface area contributed by atoms with Crippen molar-refractivity contribution in [2.24, 2.45) is 0 Å². The highest BCUT2D eigenvalue weighted by atomic mass is 16.5. The first-order valence-electron chi connectivity index (χ1n) is 10.7. The zero-order valence-corrected chi connectivity index (χ0v) is 18.4. The van der Waals surface area contributed by atoms with Gasteiger partial charge in [0.05, 0.1) is 12.8 Å². The minimum atomic E-state index is -0.143. The number of anilines is 1.